The summed E-state index contributed by atoms with van der Waals surface area (Å²) in [6.07, 6.45) is 2.34. The predicted octanol–water partition coefficient (Wildman–Crippen LogP) is 3.97. The molecule has 0 unspecified atom stereocenters. The largest absolute Gasteiger partial charge is 0.481 e. The lowest BCUT2D eigenvalue weighted by Gasteiger charge is -2.39. The van der Waals surface area contributed by atoms with Gasteiger partial charge in [0.2, 0.25) is 0 Å². The van der Waals surface area contributed by atoms with E-state index in [1.807, 2.05) is 43.3 Å². The Balaban J connectivity index is 1.54. The summed E-state index contributed by atoms with van der Waals surface area (Å²) < 4.78 is 5.37. The fourth-order valence-electron chi connectivity index (χ4n) is 3.72. The van der Waals surface area contributed by atoms with Crippen LogP contribution in [0.5, 0.6) is 0 Å². The molecule has 7 heteroatoms. The molecular formula is C21H20N2O4S. The van der Waals surface area contributed by atoms with Gasteiger partial charge in [0.1, 0.15) is 5.69 Å². The molecule has 0 aliphatic carbocycles. The number of carboxylic acid groups (broad SMARTS) is 1. The fraction of sp³-hybridized carbons (Fsp3) is 0.286. The van der Waals surface area contributed by atoms with Gasteiger partial charge in [-0.3, -0.25) is 9.59 Å². The van der Waals surface area contributed by atoms with E-state index in [-0.39, 0.29) is 5.91 Å². The molecule has 1 aromatic carbocycles. The van der Waals surface area contributed by atoms with Gasteiger partial charge in [-0.15, -0.1) is 11.3 Å². The van der Waals surface area contributed by atoms with E-state index in [4.69, 9.17) is 4.42 Å². The fourth-order valence-corrected chi connectivity index (χ4v) is 4.60. The molecule has 1 amide bonds. The summed E-state index contributed by atoms with van der Waals surface area (Å²) in [7, 11) is 0. The molecule has 4 rings (SSSR count). The van der Waals surface area contributed by atoms with E-state index >= 15 is 0 Å². The van der Waals surface area contributed by atoms with E-state index in [1.54, 1.807) is 17.2 Å². The van der Waals surface area contributed by atoms with Gasteiger partial charge in [-0.05, 0) is 37.5 Å². The molecule has 0 radical (unpaired) electrons. The molecule has 1 saturated heterocycles. The van der Waals surface area contributed by atoms with Crippen molar-refractivity contribution in [1.29, 1.82) is 0 Å². The number of rotatable bonds is 4. The van der Waals surface area contributed by atoms with Gasteiger partial charge in [-0.1, -0.05) is 30.3 Å². The molecule has 0 bridgehead atoms. The predicted molar refractivity (Wildman–Crippen MR) is 105 cm³/mol. The maximum Gasteiger partial charge on any atom is 0.314 e. The Morgan fingerprint density at radius 2 is 1.86 bits per heavy atom. The van der Waals surface area contributed by atoms with Gasteiger partial charge >= 0.3 is 5.97 Å². The molecule has 1 fully saturated rings. The minimum Gasteiger partial charge on any atom is -0.481 e. The van der Waals surface area contributed by atoms with Crippen LogP contribution in [0.2, 0.25) is 0 Å². The van der Waals surface area contributed by atoms with Crippen molar-refractivity contribution in [3.63, 3.8) is 0 Å². The zero-order valence-corrected chi connectivity index (χ0v) is 16.2. The summed E-state index contributed by atoms with van der Waals surface area (Å²) in [5.41, 5.74) is 0.257. The number of furan rings is 1. The number of piperidine rings is 1. The van der Waals surface area contributed by atoms with Crippen molar-refractivity contribution in [1.82, 2.24) is 9.88 Å². The zero-order chi connectivity index (χ0) is 19.7. The number of likely N-dealkylation sites (tertiary alicyclic amines) is 1. The number of hydrogen-bond donors (Lipinski definition) is 1. The number of amides is 1. The number of aromatic nitrogens is 1. The van der Waals surface area contributed by atoms with Gasteiger partial charge in [0.05, 0.1) is 11.7 Å². The first-order chi connectivity index (χ1) is 13.5. The number of benzene rings is 1. The van der Waals surface area contributed by atoms with Crippen LogP contribution >= 0.6 is 11.3 Å². The van der Waals surface area contributed by atoms with Gasteiger partial charge in [-0.2, -0.15) is 0 Å². The van der Waals surface area contributed by atoms with Crippen LogP contribution in [0.3, 0.4) is 0 Å². The van der Waals surface area contributed by atoms with Gasteiger partial charge < -0.3 is 14.4 Å². The highest BCUT2D eigenvalue weighted by Gasteiger charge is 2.44. The lowest BCUT2D eigenvalue weighted by atomic mass is 9.73. The van der Waals surface area contributed by atoms with Crippen LogP contribution in [0.15, 0.2) is 53.1 Å². The van der Waals surface area contributed by atoms with E-state index < -0.39 is 11.4 Å². The van der Waals surface area contributed by atoms with E-state index in [0.717, 1.165) is 10.4 Å². The summed E-state index contributed by atoms with van der Waals surface area (Å²) in [5.74, 6) is -0.353. The minimum atomic E-state index is -0.950. The standard InChI is InChI=1S/C21H20N2O4S/c1-14-17(22-18(28-14)16-8-5-13-27-16)19(24)23-11-9-21(10-12-23,20(25)26)15-6-3-2-4-7-15/h2-8,13H,9-12H2,1H3,(H,25,26). The molecule has 0 saturated carbocycles. The second kappa shape index (κ2) is 7.24. The highest BCUT2D eigenvalue weighted by atomic mass is 32.1. The Kier molecular flexibility index (Phi) is 4.77. The average Bonchev–Trinajstić information content (AvgIpc) is 3.38. The highest BCUT2D eigenvalue weighted by Crippen LogP contribution is 2.37. The molecule has 0 atom stereocenters. The first-order valence-corrected chi connectivity index (χ1v) is 9.92. The number of carbonyl (C=O) groups excluding carboxylic acids is 1. The first kappa shape index (κ1) is 18.4. The third kappa shape index (κ3) is 3.11. The summed E-state index contributed by atoms with van der Waals surface area (Å²) in [5, 5.41) is 10.6. The quantitative estimate of drug-likeness (QED) is 0.721. The molecular weight excluding hydrogens is 376 g/mol. The number of carboxylic acids is 1. The second-order valence-electron chi connectivity index (χ2n) is 6.95. The van der Waals surface area contributed by atoms with Crippen LogP contribution in [0.4, 0.5) is 0 Å². The maximum atomic E-state index is 13.0. The van der Waals surface area contributed by atoms with Gasteiger partial charge in [-0.25, -0.2) is 4.98 Å². The Morgan fingerprint density at radius 3 is 2.46 bits per heavy atom. The molecule has 2 aromatic heterocycles. The van der Waals surface area contributed by atoms with Crippen LogP contribution in [-0.4, -0.2) is 40.0 Å². The van der Waals surface area contributed by atoms with Crippen molar-refractivity contribution >= 4 is 23.2 Å². The van der Waals surface area contributed by atoms with E-state index in [1.165, 1.54) is 11.3 Å². The third-order valence-corrected chi connectivity index (χ3v) is 6.36. The average molecular weight is 396 g/mol. The van der Waals surface area contributed by atoms with Crippen molar-refractivity contribution < 1.29 is 19.1 Å². The molecule has 144 valence electrons. The van der Waals surface area contributed by atoms with E-state index in [2.05, 4.69) is 4.98 Å². The Hall–Kier alpha value is -2.93. The molecule has 3 heterocycles. The molecule has 6 nitrogen and oxygen atoms in total. The number of carbonyl (C=O) groups is 2. The second-order valence-corrected chi connectivity index (χ2v) is 8.15. The van der Waals surface area contributed by atoms with E-state index in [9.17, 15) is 14.7 Å². The topological polar surface area (TPSA) is 83.6 Å². The minimum absolute atomic E-state index is 0.154. The van der Waals surface area contributed by atoms with Crippen molar-refractivity contribution in [2.45, 2.75) is 25.2 Å². The summed E-state index contributed by atoms with van der Waals surface area (Å²) in [4.78, 5) is 32.1. The van der Waals surface area contributed by atoms with E-state index in [0.29, 0.717) is 42.4 Å². The van der Waals surface area contributed by atoms with Crippen molar-refractivity contribution in [2.24, 2.45) is 0 Å². The number of aryl methyl sites for hydroxylation is 1. The number of aliphatic carboxylic acids is 1. The molecule has 1 N–H and O–H groups in total. The lowest BCUT2D eigenvalue weighted by Crippen LogP contribution is -2.49. The zero-order valence-electron chi connectivity index (χ0n) is 15.4. The number of nitrogens with zero attached hydrogens (tertiary/aromatic N) is 2. The van der Waals surface area contributed by atoms with Crippen molar-refractivity contribution in [2.75, 3.05) is 13.1 Å². The van der Waals surface area contributed by atoms with Crippen LogP contribution in [-0.2, 0) is 10.2 Å². The van der Waals surface area contributed by atoms with Gasteiger partial charge in [0.15, 0.2) is 10.8 Å². The van der Waals surface area contributed by atoms with Crippen molar-refractivity contribution in [3.05, 3.63) is 64.9 Å². The maximum absolute atomic E-state index is 13.0. The smallest absolute Gasteiger partial charge is 0.314 e. The lowest BCUT2D eigenvalue weighted by molar-refractivity contribution is -0.145. The van der Waals surface area contributed by atoms with Crippen molar-refractivity contribution in [3.8, 4) is 10.8 Å². The molecule has 3 aromatic rings. The Labute approximate surface area is 166 Å². The summed E-state index contributed by atoms with van der Waals surface area (Å²) in [6, 6.07) is 12.9. The monoisotopic (exact) mass is 396 g/mol. The van der Waals surface area contributed by atoms with Gasteiger partial charge in [0.25, 0.3) is 5.91 Å². The molecule has 0 spiro atoms. The first-order valence-electron chi connectivity index (χ1n) is 9.11. The molecule has 28 heavy (non-hydrogen) atoms. The molecule has 1 aliphatic heterocycles. The van der Waals surface area contributed by atoms with Crippen LogP contribution in [0.1, 0.15) is 33.8 Å². The SMILES string of the molecule is Cc1sc(-c2ccco2)nc1C(=O)N1CCC(C(=O)O)(c2ccccc2)CC1. The van der Waals surface area contributed by atoms with Crippen LogP contribution in [0.25, 0.3) is 10.8 Å². The molecule has 1 aliphatic rings. The normalized spacial score (nSPS) is 16.1. The summed E-state index contributed by atoms with van der Waals surface area (Å²) >= 11 is 1.42. The van der Waals surface area contributed by atoms with Crippen LogP contribution < -0.4 is 0 Å². The third-order valence-electron chi connectivity index (χ3n) is 5.37. The van der Waals surface area contributed by atoms with Crippen LogP contribution in [0, 0.1) is 6.92 Å². The number of hydrogen-bond acceptors (Lipinski definition) is 5. The number of thiazole rings is 1. The van der Waals surface area contributed by atoms with Gasteiger partial charge in [0, 0.05) is 18.0 Å². The Bertz CT molecular complexity index is 987. The highest BCUT2D eigenvalue weighted by molar-refractivity contribution is 7.15. The summed E-state index contributed by atoms with van der Waals surface area (Å²) in [6.45, 7) is 2.63. The Morgan fingerprint density at radius 1 is 1.14 bits per heavy atom.